The second kappa shape index (κ2) is 4.89. The molecule has 0 aliphatic carbocycles. The number of carbonyl (C=O) groups excluding carboxylic acids is 1. The van der Waals surface area contributed by atoms with Crippen molar-refractivity contribution in [3.63, 3.8) is 0 Å². The summed E-state index contributed by atoms with van der Waals surface area (Å²) < 4.78 is 33.6. The molecule has 0 N–H and O–H groups in total. The molecule has 18 heavy (non-hydrogen) atoms. The van der Waals surface area contributed by atoms with Crippen LogP contribution in [0.2, 0.25) is 0 Å². The average Bonchev–Trinajstić information content (AvgIpc) is 2.35. The van der Waals surface area contributed by atoms with Gasteiger partial charge in [-0.05, 0) is 12.1 Å². The highest BCUT2D eigenvalue weighted by Gasteiger charge is 2.27. The molecule has 1 unspecified atom stereocenters. The first-order valence-corrected chi connectivity index (χ1v) is 8.15. The van der Waals surface area contributed by atoms with Crippen LogP contribution in [0.3, 0.4) is 0 Å². The van der Waals surface area contributed by atoms with E-state index in [1.165, 1.54) is 18.2 Å². The number of ether oxygens (including phenoxy) is 2. The van der Waals surface area contributed by atoms with Crippen molar-refractivity contribution < 1.29 is 22.7 Å². The smallest absolute Gasteiger partial charge is 0.191 e. The number of ketones is 1. The number of alkyl halides is 1. The third-order valence-corrected chi connectivity index (χ3v) is 4.16. The van der Waals surface area contributed by atoms with Gasteiger partial charge in [-0.2, -0.15) is 0 Å². The highest BCUT2D eigenvalue weighted by atomic mass is 79.9. The zero-order valence-corrected chi connectivity index (χ0v) is 12.0. The Morgan fingerprint density at radius 1 is 1.44 bits per heavy atom. The molecule has 1 aromatic carbocycles. The number of hydrogen-bond acceptors (Lipinski definition) is 5. The Labute approximate surface area is 113 Å². The van der Waals surface area contributed by atoms with Crippen molar-refractivity contribution in [3.05, 3.63) is 18.2 Å². The van der Waals surface area contributed by atoms with E-state index in [9.17, 15) is 13.2 Å². The van der Waals surface area contributed by atoms with Crippen LogP contribution in [-0.4, -0.2) is 38.5 Å². The molecule has 5 nitrogen and oxygen atoms in total. The van der Waals surface area contributed by atoms with Gasteiger partial charge < -0.3 is 9.47 Å². The molecule has 7 heteroatoms. The van der Waals surface area contributed by atoms with Crippen LogP contribution >= 0.6 is 15.9 Å². The quantitative estimate of drug-likeness (QED) is 0.776. The molecular formula is C11H11BrO5S. The van der Waals surface area contributed by atoms with Crippen molar-refractivity contribution in [1.82, 2.24) is 0 Å². The summed E-state index contributed by atoms with van der Waals surface area (Å²) in [7, 11) is -3.28. The molecule has 1 atom stereocenters. The van der Waals surface area contributed by atoms with Crippen LogP contribution in [0.4, 0.5) is 0 Å². The van der Waals surface area contributed by atoms with Gasteiger partial charge in [0.05, 0.1) is 10.2 Å². The minimum Gasteiger partial charge on any atom is -0.485 e. The molecule has 2 rings (SSSR count). The Morgan fingerprint density at radius 3 is 2.78 bits per heavy atom. The van der Waals surface area contributed by atoms with Crippen LogP contribution in [0.15, 0.2) is 23.1 Å². The zero-order chi connectivity index (χ0) is 13.3. The largest absolute Gasteiger partial charge is 0.485 e. The van der Waals surface area contributed by atoms with Gasteiger partial charge in [0.2, 0.25) is 0 Å². The number of fused-ring (bicyclic) bond motifs is 1. The molecule has 0 amide bonds. The summed E-state index contributed by atoms with van der Waals surface area (Å²) in [4.78, 5) is 11.6. The van der Waals surface area contributed by atoms with E-state index in [0.29, 0.717) is 11.5 Å². The second-order valence-corrected chi connectivity index (χ2v) is 6.47. The Morgan fingerprint density at radius 2 is 2.17 bits per heavy atom. The number of carbonyl (C=O) groups is 1. The second-order valence-electron chi connectivity index (χ2n) is 3.90. The number of benzene rings is 1. The van der Waals surface area contributed by atoms with E-state index < -0.39 is 15.9 Å². The van der Waals surface area contributed by atoms with Crippen LogP contribution < -0.4 is 9.47 Å². The van der Waals surface area contributed by atoms with Gasteiger partial charge in [-0.25, -0.2) is 8.42 Å². The van der Waals surface area contributed by atoms with Gasteiger partial charge >= 0.3 is 0 Å². The van der Waals surface area contributed by atoms with E-state index in [1.54, 1.807) is 0 Å². The van der Waals surface area contributed by atoms with Crippen LogP contribution in [0, 0.1) is 0 Å². The van der Waals surface area contributed by atoms with E-state index in [2.05, 4.69) is 15.9 Å². The maximum Gasteiger partial charge on any atom is 0.191 e. The number of halogens is 1. The van der Waals surface area contributed by atoms with Crippen molar-refractivity contribution >= 4 is 31.6 Å². The van der Waals surface area contributed by atoms with Gasteiger partial charge in [-0.1, -0.05) is 15.9 Å². The third-order valence-electron chi connectivity index (χ3n) is 2.49. The number of Topliss-reactive ketones (excluding diaryl/α,β-unsaturated/α-hetero) is 1. The van der Waals surface area contributed by atoms with E-state index in [-0.39, 0.29) is 22.6 Å². The predicted molar refractivity (Wildman–Crippen MR) is 68.3 cm³/mol. The maximum absolute atomic E-state index is 11.5. The van der Waals surface area contributed by atoms with E-state index >= 15 is 0 Å². The summed E-state index contributed by atoms with van der Waals surface area (Å²) in [6, 6.07) is 4.33. The Bertz CT molecular complexity index is 581. The van der Waals surface area contributed by atoms with Crippen molar-refractivity contribution in [3.8, 4) is 11.5 Å². The van der Waals surface area contributed by atoms with Gasteiger partial charge in [0.15, 0.2) is 33.2 Å². The Hall–Kier alpha value is -1.08. The number of rotatable bonds is 3. The lowest BCUT2D eigenvalue weighted by molar-refractivity contribution is -0.125. The van der Waals surface area contributed by atoms with Crippen LogP contribution in [0.25, 0.3) is 0 Å². The van der Waals surface area contributed by atoms with Gasteiger partial charge in [-0.15, -0.1) is 0 Å². The molecule has 0 saturated heterocycles. The first-order valence-electron chi connectivity index (χ1n) is 5.14. The third kappa shape index (κ3) is 2.67. The number of hydrogen-bond donors (Lipinski definition) is 0. The molecule has 0 bridgehead atoms. The maximum atomic E-state index is 11.5. The molecule has 0 fully saturated rings. The zero-order valence-electron chi connectivity index (χ0n) is 9.55. The lowest BCUT2D eigenvalue weighted by Gasteiger charge is -2.25. The minimum atomic E-state index is -3.28. The van der Waals surface area contributed by atoms with Gasteiger partial charge in [0.25, 0.3) is 0 Å². The molecular weight excluding hydrogens is 324 g/mol. The predicted octanol–water partition coefficient (Wildman–Crippen LogP) is 1.19. The molecule has 1 heterocycles. The molecule has 0 radical (unpaired) electrons. The highest BCUT2D eigenvalue weighted by Crippen LogP contribution is 2.34. The fraction of sp³-hybridized carbons (Fsp3) is 0.364. The molecule has 0 aromatic heterocycles. The summed E-state index contributed by atoms with van der Waals surface area (Å²) in [5.74, 6) is 0.609. The van der Waals surface area contributed by atoms with Crippen molar-refractivity contribution in [2.75, 3.05) is 18.2 Å². The van der Waals surface area contributed by atoms with E-state index in [1.807, 2.05) is 0 Å². The van der Waals surface area contributed by atoms with Crippen molar-refractivity contribution in [1.29, 1.82) is 0 Å². The molecule has 98 valence electrons. The fourth-order valence-corrected chi connectivity index (χ4v) is 2.52. The van der Waals surface area contributed by atoms with Crippen LogP contribution in [0.5, 0.6) is 11.5 Å². The molecule has 0 spiro atoms. The average molecular weight is 335 g/mol. The highest BCUT2D eigenvalue weighted by molar-refractivity contribution is 9.09. The lowest BCUT2D eigenvalue weighted by atomic mass is 10.2. The summed E-state index contributed by atoms with van der Waals surface area (Å²) in [6.07, 6.45) is 0.469. The first kappa shape index (κ1) is 13.4. The van der Waals surface area contributed by atoms with Crippen LogP contribution in [-0.2, 0) is 14.6 Å². The van der Waals surface area contributed by atoms with E-state index in [0.717, 1.165) is 6.26 Å². The van der Waals surface area contributed by atoms with Gasteiger partial charge in [0.1, 0.15) is 6.61 Å². The lowest BCUT2D eigenvalue weighted by Crippen LogP contribution is -2.37. The molecule has 1 aliphatic rings. The number of sulfone groups is 1. The SMILES string of the molecule is CS(=O)(=O)c1ccc2c(c1)OCC(C(=O)CBr)O2. The molecule has 0 saturated carbocycles. The molecule has 1 aromatic rings. The monoisotopic (exact) mass is 334 g/mol. The van der Waals surface area contributed by atoms with Crippen molar-refractivity contribution in [2.24, 2.45) is 0 Å². The van der Waals surface area contributed by atoms with Gasteiger partial charge in [-0.3, -0.25) is 4.79 Å². The summed E-state index contributed by atoms with van der Waals surface area (Å²) in [6.45, 7) is 0.0879. The Balaban J connectivity index is 2.29. The Kier molecular flexibility index (Phi) is 3.63. The van der Waals surface area contributed by atoms with E-state index in [4.69, 9.17) is 9.47 Å². The standard InChI is InChI=1S/C11H11BrO5S/c1-18(14,15)7-2-3-9-10(4-7)16-6-11(17-9)8(13)5-12/h2-4,11H,5-6H2,1H3. The topological polar surface area (TPSA) is 69.7 Å². The summed E-state index contributed by atoms with van der Waals surface area (Å²) in [5, 5.41) is 0.192. The first-order chi connectivity index (χ1) is 8.41. The minimum absolute atomic E-state index is 0.0879. The fourth-order valence-electron chi connectivity index (χ4n) is 1.53. The normalized spacial score (nSPS) is 18.4. The van der Waals surface area contributed by atoms with Crippen molar-refractivity contribution in [2.45, 2.75) is 11.0 Å². The van der Waals surface area contributed by atoms with Crippen LogP contribution in [0.1, 0.15) is 0 Å². The molecule has 1 aliphatic heterocycles. The van der Waals surface area contributed by atoms with Gasteiger partial charge in [0, 0.05) is 12.3 Å². The summed E-state index contributed by atoms with van der Waals surface area (Å²) in [5.41, 5.74) is 0. The summed E-state index contributed by atoms with van der Waals surface area (Å²) >= 11 is 3.06.